The van der Waals surface area contributed by atoms with Crippen molar-refractivity contribution in [1.82, 2.24) is 0 Å². The van der Waals surface area contributed by atoms with Crippen molar-refractivity contribution in [2.24, 2.45) is 5.73 Å². The Morgan fingerprint density at radius 1 is 1.00 bits per heavy atom. The monoisotopic (exact) mass is 281 g/mol. The van der Waals surface area contributed by atoms with Gasteiger partial charge in [-0.25, -0.2) is 0 Å². The highest BCUT2D eigenvalue weighted by atomic mass is 19.4. The van der Waals surface area contributed by atoms with Gasteiger partial charge in [0.1, 0.15) is 17.5 Å². The molecule has 0 aliphatic heterocycles. The normalized spacial score (nSPS) is 13.1. The largest absolute Gasteiger partial charge is 0.457 e. The molecule has 5 heteroatoms. The van der Waals surface area contributed by atoms with E-state index in [-0.39, 0.29) is 11.3 Å². The molecule has 2 N–H and O–H groups in total. The molecular formula is C15H14F3NO. The van der Waals surface area contributed by atoms with Crippen LogP contribution in [-0.2, 0) is 0 Å². The van der Waals surface area contributed by atoms with Gasteiger partial charge in [0, 0.05) is 5.56 Å². The highest BCUT2D eigenvalue weighted by molar-refractivity contribution is 5.40. The van der Waals surface area contributed by atoms with Gasteiger partial charge >= 0.3 is 6.18 Å². The first kappa shape index (κ1) is 14.4. The summed E-state index contributed by atoms with van der Waals surface area (Å²) < 4.78 is 43.7. The van der Waals surface area contributed by atoms with E-state index in [0.717, 1.165) is 5.56 Å². The van der Waals surface area contributed by atoms with E-state index in [1.807, 2.05) is 19.1 Å². The molecule has 2 nitrogen and oxygen atoms in total. The van der Waals surface area contributed by atoms with E-state index >= 15 is 0 Å². The van der Waals surface area contributed by atoms with Gasteiger partial charge in [0.2, 0.25) is 0 Å². The van der Waals surface area contributed by atoms with Crippen LogP contribution in [0.25, 0.3) is 0 Å². The number of alkyl halides is 3. The zero-order valence-corrected chi connectivity index (χ0v) is 10.8. The van der Waals surface area contributed by atoms with Crippen LogP contribution in [0.5, 0.6) is 11.5 Å². The number of aryl methyl sites for hydroxylation is 1. The number of nitrogens with two attached hydrogens (primary N) is 1. The summed E-state index contributed by atoms with van der Waals surface area (Å²) in [4.78, 5) is 0. The quantitative estimate of drug-likeness (QED) is 0.907. The first-order valence-electron chi connectivity index (χ1n) is 6.03. The molecule has 0 saturated heterocycles. The lowest BCUT2D eigenvalue weighted by Crippen LogP contribution is -2.28. The van der Waals surface area contributed by atoms with Gasteiger partial charge in [-0.2, -0.15) is 13.2 Å². The van der Waals surface area contributed by atoms with Crippen LogP contribution in [0.3, 0.4) is 0 Å². The second-order valence-corrected chi connectivity index (χ2v) is 4.47. The van der Waals surface area contributed by atoms with Crippen molar-refractivity contribution in [1.29, 1.82) is 0 Å². The molecule has 0 fully saturated rings. The van der Waals surface area contributed by atoms with Crippen molar-refractivity contribution < 1.29 is 17.9 Å². The maximum absolute atomic E-state index is 12.7. The van der Waals surface area contributed by atoms with Crippen LogP contribution >= 0.6 is 0 Å². The van der Waals surface area contributed by atoms with Crippen LogP contribution in [0.15, 0.2) is 48.5 Å². The summed E-state index contributed by atoms with van der Waals surface area (Å²) >= 11 is 0. The Bertz CT molecular complexity index is 578. The molecule has 1 atom stereocenters. The van der Waals surface area contributed by atoms with Gasteiger partial charge in [-0.15, -0.1) is 0 Å². The van der Waals surface area contributed by atoms with Crippen LogP contribution in [-0.4, -0.2) is 6.18 Å². The van der Waals surface area contributed by atoms with E-state index < -0.39 is 12.2 Å². The standard InChI is InChI=1S/C15H14F3NO/c1-10-6-8-11(9-7-10)20-13-5-3-2-4-12(13)14(19)15(16,17)18/h2-9,14H,19H2,1H3/t14-/m1/s1. The summed E-state index contributed by atoms with van der Waals surface area (Å²) in [6.45, 7) is 1.91. The fourth-order valence-electron chi connectivity index (χ4n) is 1.74. The molecule has 0 aliphatic rings. The lowest BCUT2D eigenvalue weighted by atomic mass is 10.1. The van der Waals surface area contributed by atoms with Crippen molar-refractivity contribution in [3.63, 3.8) is 0 Å². The van der Waals surface area contributed by atoms with E-state index in [1.54, 1.807) is 18.2 Å². The fraction of sp³-hybridized carbons (Fsp3) is 0.200. The van der Waals surface area contributed by atoms with E-state index in [4.69, 9.17) is 10.5 Å². The number of hydrogen-bond acceptors (Lipinski definition) is 2. The van der Waals surface area contributed by atoms with Gasteiger partial charge in [0.15, 0.2) is 0 Å². The third-order valence-corrected chi connectivity index (χ3v) is 2.86. The number of hydrogen-bond donors (Lipinski definition) is 1. The van der Waals surface area contributed by atoms with Gasteiger partial charge in [-0.3, -0.25) is 0 Å². The third kappa shape index (κ3) is 3.30. The smallest absolute Gasteiger partial charge is 0.407 e. The molecule has 2 aromatic carbocycles. The molecule has 0 heterocycles. The van der Waals surface area contributed by atoms with Crippen LogP contribution in [0, 0.1) is 6.92 Å². The zero-order chi connectivity index (χ0) is 14.8. The van der Waals surface area contributed by atoms with E-state index in [9.17, 15) is 13.2 Å². The summed E-state index contributed by atoms with van der Waals surface area (Å²) in [5, 5.41) is 0. The predicted octanol–water partition coefficient (Wildman–Crippen LogP) is 4.35. The van der Waals surface area contributed by atoms with Crippen molar-refractivity contribution in [3.8, 4) is 11.5 Å². The Morgan fingerprint density at radius 3 is 2.20 bits per heavy atom. The minimum absolute atomic E-state index is 0.0828. The molecule has 0 bridgehead atoms. The average Bonchev–Trinajstić information content (AvgIpc) is 2.40. The molecule has 0 saturated carbocycles. The Kier molecular flexibility index (Phi) is 3.99. The molecule has 0 radical (unpaired) electrons. The summed E-state index contributed by atoms with van der Waals surface area (Å²) in [7, 11) is 0. The minimum atomic E-state index is -4.51. The molecular weight excluding hydrogens is 267 g/mol. The Morgan fingerprint density at radius 2 is 1.60 bits per heavy atom. The van der Waals surface area contributed by atoms with E-state index in [2.05, 4.69) is 0 Å². The van der Waals surface area contributed by atoms with Gasteiger partial charge in [-0.05, 0) is 25.1 Å². The number of halogens is 3. The topological polar surface area (TPSA) is 35.2 Å². The molecule has 2 aromatic rings. The van der Waals surface area contributed by atoms with Crippen molar-refractivity contribution in [2.75, 3.05) is 0 Å². The third-order valence-electron chi connectivity index (χ3n) is 2.86. The highest BCUT2D eigenvalue weighted by Crippen LogP contribution is 2.36. The SMILES string of the molecule is Cc1ccc(Oc2ccccc2[C@@H](N)C(F)(F)F)cc1. The van der Waals surface area contributed by atoms with Crippen molar-refractivity contribution >= 4 is 0 Å². The summed E-state index contributed by atoms with van der Waals surface area (Å²) in [5.74, 6) is 0.582. The van der Waals surface area contributed by atoms with E-state index in [0.29, 0.717) is 5.75 Å². The van der Waals surface area contributed by atoms with Gasteiger partial charge in [0.25, 0.3) is 0 Å². The molecule has 0 spiro atoms. The van der Waals surface area contributed by atoms with Crippen LogP contribution < -0.4 is 10.5 Å². The Hall–Kier alpha value is -2.01. The average molecular weight is 281 g/mol. The Balaban J connectivity index is 2.31. The molecule has 2 rings (SSSR count). The number of para-hydroxylation sites is 1. The number of ether oxygens (including phenoxy) is 1. The van der Waals surface area contributed by atoms with Crippen LogP contribution in [0.1, 0.15) is 17.2 Å². The van der Waals surface area contributed by atoms with Gasteiger partial charge in [-0.1, -0.05) is 35.9 Å². The summed E-state index contributed by atoms with van der Waals surface area (Å²) in [6.07, 6.45) is -4.51. The molecule has 0 aromatic heterocycles. The highest BCUT2D eigenvalue weighted by Gasteiger charge is 2.39. The van der Waals surface area contributed by atoms with Crippen molar-refractivity contribution in [2.45, 2.75) is 19.1 Å². The minimum Gasteiger partial charge on any atom is -0.457 e. The lowest BCUT2D eigenvalue weighted by Gasteiger charge is -2.19. The second-order valence-electron chi connectivity index (χ2n) is 4.47. The Labute approximate surface area is 115 Å². The predicted molar refractivity (Wildman–Crippen MR) is 70.7 cm³/mol. The molecule has 0 aliphatic carbocycles. The second kappa shape index (κ2) is 5.54. The molecule has 0 amide bonds. The molecule has 20 heavy (non-hydrogen) atoms. The summed E-state index contributed by atoms with van der Waals surface area (Å²) in [6, 6.07) is 10.9. The van der Waals surface area contributed by atoms with Crippen LogP contribution in [0.4, 0.5) is 13.2 Å². The number of rotatable bonds is 3. The maximum atomic E-state index is 12.7. The molecule has 0 unspecified atom stereocenters. The van der Waals surface area contributed by atoms with Crippen LogP contribution in [0.2, 0.25) is 0 Å². The number of benzene rings is 2. The van der Waals surface area contributed by atoms with Gasteiger partial charge < -0.3 is 10.5 Å². The maximum Gasteiger partial charge on any atom is 0.407 e. The summed E-state index contributed by atoms with van der Waals surface area (Å²) in [5.41, 5.74) is 6.20. The fourth-order valence-corrected chi connectivity index (χ4v) is 1.74. The van der Waals surface area contributed by atoms with Crippen molar-refractivity contribution in [3.05, 3.63) is 59.7 Å². The zero-order valence-electron chi connectivity index (χ0n) is 10.8. The lowest BCUT2D eigenvalue weighted by molar-refractivity contribution is -0.149. The first-order chi connectivity index (χ1) is 9.38. The van der Waals surface area contributed by atoms with E-state index in [1.165, 1.54) is 18.2 Å². The first-order valence-corrected chi connectivity index (χ1v) is 6.03. The van der Waals surface area contributed by atoms with Gasteiger partial charge in [0.05, 0.1) is 0 Å². The molecule has 106 valence electrons.